The number of halogens is 4. The average molecular weight is 481 g/mol. The van der Waals surface area contributed by atoms with Gasteiger partial charge in [0.1, 0.15) is 5.82 Å². The van der Waals surface area contributed by atoms with Gasteiger partial charge in [-0.05, 0) is 54.3 Å². The van der Waals surface area contributed by atoms with E-state index in [1.807, 2.05) is 0 Å². The SMILES string of the molecule is O=C(c1ccnc2ccc(-c3ccc(F)cc3)cc12)N1CCC[C@H]1CNS(=O)(=O)C(F)(F)F. The molecular weight excluding hydrogens is 462 g/mol. The summed E-state index contributed by atoms with van der Waals surface area (Å²) >= 11 is 0. The largest absolute Gasteiger partial charge is 0.511 e. The first-order chi connectivity index (χ1) is 15.6. The van der Waals surface area contributed by atoms with Crippen molar-refractivity contribution in [2.45, 2.75) is 24.4 Å². The minimum Gasteiger partial charge on any atom is -0.334 e. The summed E-state index contributed by atoms with van der Waals surface area (Å²) in [5.74, 6) is -0.800. The van der Waals surface area contributed by atoms with Gasteiger partial charge in [0.2, 0.25) is 0 Å². The number of pyridine rings is 1. The van der Waals surface area contributed by atoms with Gasteiger partial charge >= 0.3 is 15.5 Å². The molecule has 1 N–H and O–H groups in total. The predicted molar refractivity (Wildman–Crippen MR) is 114 cm³/mol. The number of hydrogen-bond acceptors (Lipinski definition) is 4. The maximum absolute atomic E-state index is 13.3. The number of nitrogens with zero attached hydrogens (tertiary/aromatic N) is 2. The summed E-state index contributed by atoms with van der Waals surface area (Å²) in [4.78, 5) is 19.0. The second kappa shape index (κ2) is 8.71. The molecule has 0 unspecified atom stereocenters. The molecule has 1 aromatic heterocycles. The van der Waals surface area contributed by atoms with Gasteiger partial charge in [0, 0.05) is 30.7 Å². The number of carbonyl (C=O) groups excluding carboxylic acids is 1. The van der Waals surface area contributed by atoms with Crippen LogP contribution in [0.3, 0.4) is 0 Å². The number of likely N-dealkylation sites (tertiary alicyclic amines) is 1. The van der Waals surface area contributed by atoms with E-state index in [0.717, 1.165) is 11.1 Å². The van der Waals surface area contributed by atoms with Gasteiger partial charge in [-0.25, -0.2) is 17.5 Å². The highest BCUT2D eigenvalue weighted by atomic mass is 32.2. The fourth-order valence-electron chi connectivity index (χ4n) is 3.91. The zero-order valence-electron chi connectivity index (χ0n) is 17.1. The van der Waals surface area contributed by atoms with Gasteiger partial charge < -0.3 is 4.90 Å². The zero-order valence-corrected chi connectivity index (χ0v) is 18.0. The summed E-state index contributed by atoms with van der Waals surface area (Å²) in [6.07, 6.45) is 2.37. The highest BCUT2D eigenvalue weighted by molar-refractivity contribution is 7.90. The highest BCUT2D eigenvalue weighted by Crippen LogP contribution is 2.29. The van der Waals surface area contributed by atoms with Crippen molar-refractivity contribution in [3.63, 3.8) is 0 Å². The fourth-order valence-corrected chi connectivity index (χ4v) is 4.49. The first-order valence-electron chi connectivity index (χ1n) is 10.1. The van der Waals surface area contributed by atoms with Crippen molar-refractivity contribution in [2.75, 3.05) is 13.1 Å². The minimum atomic E-state index is -5.50. The van der Waals surface area contributed by atoms with Crippen LogP contribution in [0.1, 0.15) is 23.2 Å². The van der Waals surface area contributed by atoms with Gasteiger partial charge in [-0.2, -0.15) is 13.2 Å². The van der Waals surface area contributed by atoms with Crippen LogP contribution >= 0.6 is 0 Å². The Hall–Kier alpha value is -3.05. The molecule has 1 amide bonds. The lowest BCUT2D eigenvalue weighted by Crippen LogP contribution is -2.46. The number of hydrogen-bond donors (Lipinski definition) is 1. The van der Waals surface area contributed by atoms with Crippen LogP contribution in [0.5, 0.6) is 0 Å². The molecule has 4 rings (SSSR count). The molecule has 0 radical (unpaired) electrons. The molecule has 2 heterocycles. The molecule has 1 aliphatic rings. The monoisotopic (exact) mass is 481 g/mol. The third kappa shape index (κ3) is 4.69. The number of carbonyl (C=O) groups is 1. The van der Waals surface area contributed by atoms with Crippen molar-refractivity contribution < 1.29 is 30.8 Å². The quantitative estimate of drug-likeness (QED) is 0.557. The van der Waals surface area contributed by atoms with E-state index in [0.29, 0.717) is 35.9 Å². The van der Waals surface area contributed by atoms with E-state index >= 15 is 0 Å². The second-order valence-electron chi connectivity index (χ2n) is 7.69. The summed E-state index contributed by atoms with van der Waals surface area (Å²) in [7, 11) is -5.50. The van der Waals surface area contributed by atoms with Crippen molar-refractivity contribution >= 4 is 26.8 Å². The molecule has 0 aliphatic carbocycles. The molecule has 11 heteroatoms. The summed E-state index contributed by atoms with van der Waals surface area (Å²) in [6.45, 7) is -0.240. The van der Waals surface area contributed by atoms with Gasteiger partial charge in [-0.15, -0.1) is 0 Å². The van der Waals surface area contributed by atoms with Crippen LogP contribution < -0.4 is 4.72 Å². The number of benzene rings is 2. The average Bonchev–Trinajstić information content (AvgIpc) is 3.25. The molecule has 1 aliphatic heterocycles. The first kappa shape index (κ1) is 23.1. The summed E-state index contributed by atoms with van der Waals surface area (Å²) < 4.78 is 75.5. The molecule has 1 atom stereocenters. The van der Waals surface area contributed by atoms with Crippen LogP contribution in [-0.2, 0) is 10.0 Å². The van der Waals surface area contributed by atoms with Crippen molar-refractivity contribution in [1.82, 2.24) is 14.6 Å². The van der Waals surface area contributed by atoms with Crippen molar-refractivity contribution in [1.29, 1.82) is 0 Å². The first-order valence-corrected chi connectivity index (χ1v) is 11.6. The number of amides is 1. The molecule has 174 valence electrons. The number of alkyl halides is 3. The summed E-state index contributed by atoms with van der Waals surface area (Å²) in [6, 6.07) is 11.9. The van der Waals surface area contributed by atoms with E-state index in [2.05, 4.69) is 4.98 Å². The maximum atomic E-state index is 13.3. The molecule has 0 saturated carbocycles. The van der Waals surface area contributed by atoms with Crippen LogP contribution in [0, 0.1) is 5.82 Å². The molecule has 0 bridgehead atoms. The molecule has 1 saturated heterocycles. The zero-order chi connectivity index (χ0) is 23.8. The number of aromatic nitrogens is 1. The van der Waals surface area contributed by atoms with Crippen molar-refractivity contribution in [2.24, 2.45) is 0 Å². The van der Waals surface area contributed by atoms with Gasteiger partial charge in [-0.1, -0.05) is 18.2 Å². The number of nitrogens with one attached hydrogen (secondary N) is 1. The summed E-state index contributed by atoms with van der Waals surface area (Å²) in [5.41, 5.74) is -3.10. The highest BCUT2D eigenvalue weighted by Gasteiger charge is 2.46. The fraction of sp³-hybridized carbons (Fsp3) is 0.273. The Balaban J connectivity index is 1.63. The lowest BCUT2D eigenvalue weighted by molar-refractivity contribution is -0.0448. The standard InChI is InChI=1S/C22H19F4N3O3S/c23-16-6-3-14(4-7-16)15-5-8-20-19(12-15)18(9-10-27-20)21(30)29-11-1-2-17(29)13-28-33(31,32)22(24,25)26/h3-10,12,17,28H,1-2,11,13H2/t17-/m0/s1. The molecule has 1 fully saturated rings. The smallest absolute Gasteiger partial charge is 0.334 e. The van der Waals surface area contributed by atoms with Gasteiger partial charge in [0.05, 0.1) is 11.1 Å². The van der Waals surface area contributed by atoms with Gasteiger partial charge in [0.15, 0.2) is 0 Å². The molecular formula is C22H19F4N3O3S. The van der Waals surface area contributed by atoms with Crippen LogP contribution in [0.15, 0.2) is 54.7 Å². The van der Waals surface area contributed by atoms with E-state index < -0.39 is 34.0 Å². The number of sulfonamides is 1. The predicted octanol–water partition coefficient (Wildman–Crippen LogP) is 4.08. The Morgan fingerprint density at radius 1 is 1.09 bits per heavy atom. The molecule has 33 heavy (non-hydrogen) atoms. The Bertz CT molecular complexity index is 1290. The third-order valence-corrected chi connectivity index (χ3v) is 6.76. The lowest BCUT2D eigenvalue weighted by atomic mass is 10.00. The Kier molecular flexibility index (Phi) is 6.10. The van der Waals surface area contributed by atoms with Crippen LogP contribution in [0.25, 0.3) is 22.0 Å². The van der Waals surface area contributed by atoms with E-state index in [1.165, 1.54) is 29.3 Å². The van der Waals surface area contributed by atoms with Gasteiger partial charge in [0.25, 0.3) is 5.91 Å². The Labute approximate surface area is 187 Å². The normalized spacial score (nSPS) is 17.0. The second-order valence-corrected chi connectivity index (χ2v) is 9.45. The molecule has 2 aromatic carbocycles. The van der Waals surface area contributed by atoms with Gasteiger partial charge in [-0.3, -0.25) is 9.78 Å². The van der Waals surface area contributed by atoms with E-state index in [4.69, 9.17) is 0 Å². The van der Waals surface area contributed by atoms with E-state index in [9.17, 15) is 30.8 Å². The minimum absolute atomic E-state index is 0.290. The third-order valence-electron chi connectivity index (χ3n) is 5.60. The van der Waals surface area contributed by atoms with Crippen molar-refractivity contribution in [3.8, 4) is 11.1 Å². The Morgan fingerprint density at radius 2 is 1.79 bits per heavy atom. The van der Waals surface area contributed by atoms with Crippen LogP contribution in [-0.4, -0.2) is 48.8 Å². The van der Waals surface area contributed by atoms with Crippen LogP contribution in [0.2, 0.25) is 0 Å². The molecule has 6 nitrogen and oxygen atoms in total. The van der Waals surface area contributed by atoms with Crippen molar-refractivity contribution in [3.05, 3.63) is 66.1 Å². The van der Waals surface area contributed by atoms with E-state index in [-0.39, 0.29) is 5.82 Å². The van der Waals surface area contributed by atoms with E-state index in [1.54, 1.807) is 35.1 Å². The topological polar surface area (TPSA) is 79.4 Å². The lowest BCUT2D eigenvalue weighted by Gasteiger charge is -2.25. The number of rotatable bonds is 5. The molecule has 0 spiro atoms. The van der Waals surface area contributed by atoms with Crippen LogP contribution in [0.4, 0.5) is 17.6 Å². The Morgan fingerprint density at radius 3 is 2.48 bits per heavy atom. The summed E-state index contributed by atoms with van der Waals surface area (Å²) in [5, 5.41) is 0.533. The number of fused-ring (bicyclic) bond motifs is 1. The maximum Gasteiger partial charge on any atom is 0.511 e. The molecule has 3 aromatic rings.